The van der Waals surface area contributed by atoms with E-state index in [0.29, 0.717) is 32.6 Å². The molecule has 5 aliphatic carbocycles. The Kier molecular flexibility index (Phi) is 6.02. The molecule has 3 unspecified atom stereocenters. The second-order valence-electron chi connectivity index (χ2n) is 14.9. The average molecular weight is 541 g/mol. The molecule has 0 heterocycles. The highest BCUT2D eigenvalue weighted by molar-refractivity contribution is 6.02. The summed E-state index contributed by atoms with van der Waals surface area (Å²) in [4.78, 5) is 39.9. The fraction of sp³-hybridized carbons (Fsp3) is 0.750. The molecule has 5 nitrogen and oxygen atoms in total. The van der Waals surface area contributed by atoms with Crippen molar-refractivity contribution in [3.63, 3.8) is 0 Å². The average Bonchev–Trinajstić information content (AvgIpc) is 2.83. The minimum atomic E-state index is -3.49. The van der Waals surface area contributed by atoms with Crippen LogP contribution in [-0.4, -0.2) is 28.9 Å². The van der Waals surface area contributed by atoms with Gasteiger partial charge in [0.25, 0.3) is 5.91 Å². The van der Waals surface area contributed by atoms with Crippen molar-refractivity contribution in [2.75, 3.05) is 0 Å². The maximum Gasteiger partial charge on any atom is 0.321 e. The maximum atomic E-state index is 14.3. The summed E-state index contributed by atoms with van der Waals surface area (Å²) in [5.41, 5.74) is -1.15. The molecule has 0 aliphatic heterocycles. The van der Waals surface area contributed by atoms with Crippen molar-refractivity contribution in [1.29, 1.82) is 5.26 Å². The minimum absolute atomic E-state index is 0.00686. The van der Waals surface area contributed by atoms with Gasteiger partial charge in [0.1, 0.15) is 6.07 Å². The first-order valence-electron chi connectivity index (χ1n) is 14.5. The Labute approximate surface area is 230 Å². The van der Waals surface area contributed by atoms with E-state index < -0.39 is 34.1 Å². The Morgan fingerprint density at radius 2 is 1.69 bits per heavy atom. The standard InChI is InChI=1S/C32H42F2N2O3/c1-18-20-8-9-29(5)23(28(20,4)15-19(17-35)25(18)38)14-22(37)24-21-16-27(2,3)10-12-32(21,13-11-30(24,29)6)36-26(39)31(7,33)34/h14-15,18,20-21,24H,8-13,16H2,1-7H3,(H,36,39)/t18-,20?,21?,24?,28-,29+,30+,32-/m0/s1. The SMILES string of the molecule is C[C@@H]1C(=O)C(C#N)=C[C@]2(C)C3=CC(=O)C4C5CC(C)(C)CC[C@]5(NC(=O)C(C)(F)F)CC[C@@]4(C)[C@]3(C)CCC12. The molecular weight excluding hydrogens is 498 g/mol. The summed E-state index contributed by atoms with van der Waals surface area (Å²) < 4.78 is 28.3. The van der Waals surface area contributed by atoms with E-state index in [9.17, 15) is 28.4 Å². The van der Waals surface area contributed by atoms with E-state index in [2.05, 4.69) is 46.0 Å². The lowest BCUT2D eigenvalue weighted by Crippen LogP contribution is -2.70. The highest BCUT2D eigenvalue weighted by Gasteiger charge is 2.69. The predicted octanol–water partition coefficient (Wildman–Crippen LogP) is 6.34. The molecule has 8 atom stereocenters. The van der Waals surface area contributed by atoms with Gasteiger partial charge in [-0.25, -0.2) is 0 Å². The molecule has 3 saturated carbocycles. The van der Waals surface area contributed by atoms with E-state index in [1.54, 1.807) is 6.08 Å². The number of rotatable bonds is 2. The topological polar surface area (TPSA) is 87.0 Å². The predicted molar refractivity (Wildman–Crippen MR) is 143 cm³/mol. The van der Waals surface area contributed by atoms with Crippen LogP contribution in [-0.2, 0) is 14.4 Å². The van der Waals surface area contributed by atoms with Gasteiger partial charge >= 0.3 is 5.92 Å². The smallest absolute Gasteiger partial charge is 0.321 e. The molecule has 0 radical (unpaired) electrons. The molecule has 5 aliphatic rings. The van der Waals surface area contributed by atoms with Crippen molar-refractivity contribution in [3.05, 3.63) is 23.3 Å². The second kappa shape index (κ2) is 8.33. The van der Waals surface area contributed by atoms with Crippen molar-refractivity contribution in [2.45, 2.75) is 105 Å². The molecule has 1 amide bonds. The van der Waals surface area contributed by atoms with E-state index >= 15 is 0 Å². The largest absolute Gasteiger partial charge is 0.345 e. The number of ketones is 2. The lowest BCUT2D eigenvalue weighted by Gasteiger charge is -2.68. The van der Waals surface area contributed by atoms with Crippen LogP contribution in [0, 0.1) is 56.7 Å². The summed E-state index contributed by atoms with van der Waals surface area (Å²) in [7, 11) is 0. The van der Waals surface area contributed by atoms with Gasteiger partial charge in [-0.3, -0.25) is 14.4 Å². The molecule has 5 rings (SSSR count). The Hall–Kier alpha value is -2.36. The number of carbonyl (C=O) groups is 3. The van der Waals surface area contributed by atoms with Crippen molar-refractivity contribution < 1.29 is 23.2 Å². The third-order valence-corrected chi connectivity index (χ3v) is 12.3. The first kappa shape index (κ1) is 28.2. The Bertz CT molecular complexity index is 1250. The molecule has 0 aromatic carbocycles. The third-order valence-electron chi connectivity index (χ3n) is 12.3. The number of nitrogens with one attached hydrogen (secondary N) is 1. The summed E-state index contributed by atoms with van der Waals surface area (Å²) in [5, 5.41) is 12.6. The van der Waals surface area contributed by atoms with Crippen LogP contribution >= 0.6 is 0 Å². The van der Waals surface area contributed by atoms with Gasteiger partial charge in [-0.1, -0.05) is 53.2 Å². The third kappa shape index (κ3) is 3.75. The fourth-order valence-corrected chi connectivity index (χ4v) is 9.81. The molecule has 3 fully saturated rings. The zero-order chi connectivity index (χ0) is 29.0. The van der Waals surface area contributed by atoms with Crippen molar-refractivity contribution in [3.8, 4) is 6.07 Å². The zero-order valence-corrected chi connectivity index (χ0v) is 24.3. The van der Waals surface area contributed by atoms with E-state index in [1.165, 1.54) is 0 Å². The summed E-state index contributed by atoms with van der Waals surface area (Å²) >= 11 is 0. The zero-order valence-electron chi connectivity index (χ0n) is 24.3. The van der Waals surface area contributed by atoms with Gasteiger partial charge < -0.3 is 5.32 Å². The van der Waals surface area contributed by atoms with E-state index in [-0.39, 0.29) is 45.7 Å². The number of hydrogen-bond donors (Lipinski definition) is 1. The molecule has 1 N–H and O–H groups in total. The van der Waals surface area contributed by atoms with Gasteiger partial charge in [-0.2, -0.15) is 14.0 Å². The maximum absolute atomic E-state index is 14.3. The molecule has 7 heteroatoms. The molecular formula is C32H42F2N2O3. The van der Waals surface area contributed by atoms with Gasteiger partial charge in [0.05, 0.1) is 5.57 Å². The molecule has 0 saturated heterocycles. The van der Waals surface area contributed by atoms with Crippen LogP contribution in [0.3, 0.4) is 0 Å². The van der Waals surface area contributed by atoms with E-state index in [4.69, 9.17) is 0 Å². The summed E-state index contributed by atoms with van der Waals surface area (Å²) in [6.07, 6.45) is 8.47. The monoisotopic (exact) mass is 540 g/mol. The number of Topliss-reactive ketones (excluding diaryl/α,β-unsaturated/α-hetero) is 1. The number of alkyl halides is 2. The summed E-state index contributed by atoms with van der Waals surface area (Å²) in [6, 6.07) is 2.11. The van der Waals surface area contributed by atoms with Gasteiger partial charge in [-0.15, -0.1) is 0 Å². The first-order chi connectivity index (χ1) is 17.9. The number of nitriles is 1. The van der Waals surface area contributed by atoms with Crippen molar-refractivity contribution in [2.24, 2.45) is 45.3 Å². The van der Waals surface area contributed by atoms with Gasteiger partial charge in [0.2, 0.25) is 0 Å². The highest BCUT2D eigenvalue weighted by Crippen LogP contribution is 2.72. The lowest BCUT2D eigenvalue weighted by molar-refractivity contribution is -0.167. The Balaban J connectivity index is 1.65. The number of hydrogen-bond acceptors (Lipinski definition) is 4. The fourth-order valence-electron chi connectivity index (χ4n) is 9.81. The van der Waals surface area contributed by atoms with Crippen LogP contribution in [0.2, 0.25) is 0 Å². The normalized spacial score (nSPS) is 44.9. The number of halogens is 2. The van der Waals surface area contributed by atoms with Gasteiger partial charge in [0, 0.05) is 29.7 Å². The highest BCUT2D eigenvalue weighted by atomic mass is 19.3. The van der Waals surface area contributed by atoms with Crippen LogP contribution in [0.25, 0.3) is 0 Å². The van der Waals surface area contributed by atoms with Crippen molar-refractivity contribution in [1.82, 2.24) is 5.32 Å². The van der Waals surface area contributed by atoms with Crippen LogP contribution in [0.1, 0.15) is 93.4 Å². The molecule has 39 heavy (non-hydrogen) atoms. The molecule has 0 aromatic heterocycles. The number of amides is 1. The number of nitrogens with zero attached hydrogens (tertiary/aromatic N) is 1. The second-order valence-corrected chi connectivity index (χ2v) is 14.9. The van der Waals surface area contributed by atoms with Crippen LogP contribution < -0.4 is 5.32 Å². The van der Waals surface area contributed by atoms with Crippen LogP contribution in [0.5, 0.6) is 0 Å². The quantitative estimate of drug-likeness (QED) is 0.443. The van der Waals surface area contributed by atoms with E-state index in [1.807, 2.05) is 13.0 Å². The van der Waals surface area contributed by atoms with Crippen LogP contribution in [0.15, 0.2) is 23.3 Å². The first-order valence-corrected chi connectivity index (χ1v) is 14.5. The molecule has 0 aromatic rings. The van der Waals surface area contributed by atoms with Crippen molar-refractivity contribution >= 4 is 17.5 Å². The molecule has 212 valence electrons. The Morgan fingerprint density at radius 1 is 1.05 bits per heavy atom. The summed E-state index contributed by atoms with van der Waals surface area (Å²) in [5.74, 6) is -5.83. The summed E-state index contributed by atoms with van der Waals surface area (Å²) in [6.45, 7) is 13.4. The van der Waals surface area contributed by atoms with E-state index in [0.717, 1.165) is 24.8 Å². The number of allylic oxidation sites excluding steroid dienone is 4. The number of fused-ring (bicyclic) bond motifs is 7. The minimum Gasteiger partial charge on any atom is -0.345 e. The van der Waals surface area contributed by atoms with Gasteiger partial charge in [0.15, 0.2) is 11.6 Å². The van der Waals surface area contributed by atoms with Gasteiger partial charge in [-0.05, 0) is 79.1 Å². The molecule has 0 spiro atoms. The number of carbonyl (C=O) groups excluding carboxylic acids is 3. The van der Waals surface area contributed by atoms with Crippen LogP contribution in [0.4, 0.5) is 8.78 Å². The Morgan fingerprint density at radius 3 is 2.31 bits per heavy atom. The molecule has 0 bridgehead atoms. The lowest BCUT2D eigenvalue weighted by atomic mass is 9.36.